The van der Waals surface area contributed by atoms with E-state index in [0.29, 0.717) is 5.92 Å². The first-order chi connectivity index (χ1) is 5.20. The molecule has 0 saturated carbocycles. The van der Waals surface area contributed by atoms with Crippen LogP contribution in [-0.2, 0) is 0 Å². The van der Waals surface area contributed by atoms with Crippen LogP contribution in [0.1, 0.15) is 25.6 Å². The Hall–Kier alpha value is -0.560. The summed E-state index contributed by atoms with van der Waals surface area (Å²) in [6.07, 6.45) is 2.26. The largest absolute Gasteiger partial charge is 0.144 e. The molecule has 0 amide bonds. The molecule has 0 aliphatic rings. The number of rotatable bonds is 2. The smallest absolute Gasteiger partial charge is 0.0269 e. The Kier molecular flexibility index (Phi) is 2.89. The second kappa shape index (κ2) is 3.72. The van der Waals surface area contributed by atoms with Gasteiger partial charge in [0.2, 0.25) is 0 Å². The molecule has 0 atom stereocenters. The van der Waals surface area contributed by atoms with E-state index in [1.165, 1.54) is 10.5 Å². The maximum absolute atomic E-state index is 2.26. The summed E-state index contributed by atoms with van der Waals surface area (Å²) in [5, 5.41) is 2.11. The van der Waals surface area contributed by atoms with Crippen LogP contribution >= 0.6 is 11.3 Å². The van der Waals surface area contributed by atoms with Crippen molar-refractivity contribution in [2.24, 2.45) is 5.92 Å². The van der Waals surface area contributed by atoms with Gasteiger partial charge in [0.25, 0.3) is 0 Å². The topological polar surface area (TPSA) is 0 Å². The Morgan fingerprint density at radius 2 is 2.27 bits per heavy atom. The van der Waals surface area contributed by atoms with Crippen molar-refractivity contribution in [2.75, 3.05) is 0 Å². The fraction of sp³-hybridized carbons (Fsp3) is 0.400. The van der Waals surface area contributed by atoms with E-state index in [-0.39, 0.29) is 0 Å². The predicted octanol–water partition coefficient (Wildman–Crippen LogP) is 3.81. The maximum Gasteiger partial charge on any atom is 0.0269 e. The number of allylic oxidation sites excluding steroid dienone is 1. The molecular formula is C10H14S. The van der Waals surface area contributed by atoms with Crippen LogP contribution in [0.4, 0.5) is 0 Å². The molecule has 0 aliphatic heterocycles. The first kappa shape index (κ1) is 8.54. The summed E-state index contributed by atoms with van der Waals surface area (Å²) in [7, 11) is 0. The Morgan fingerprint density at radius 3 is 2.73 bits per heavy atom. The summed E-state index contributed by atoms with van der Waals surface area (Å²) in [5.74, 6) is 0.664. The molecule has 60 valence electrons. The molecule has 0 unspecified atom stereocenters. The van der Waals surface area contributed by atoms with Gasteiger partial charge in [0.05, 0.1) is 0 Å². The first-order valence-electron chi connectivity index (χ1n) is 3.92. The van der Waals surface area contributed by atoms with Crippen LogP contribution in [0.3, 0.4) is 0 Å². The lowest BCUT2D eigenvalue weighted by Gasteiger charge is -2.02. The minimum absolute atomic E-state index is 0.664. The van der Waals surface area contributed by atoms with E-state index in [1.807, 2.05) is 0 Å². The van der Waals surface area contributed by atoms with Gasteiger partial charge in [-0.3, -0.25) is 0 Å². The summed E-state index contributed by atoms with van der Waals surface area (Å²) in [6, 6.07) is 4.24. The summed E-state index contributed by atoms with van der Waals surface area (Å²) >= 11 is 1.79. The Labute approximate surface area is 72.6 Å². The van der Waals surface area contributed by atoms with Gasteiger partial charge >= 0.3 is 0 Å². The quantitative estimate of drug-likeness (QED) is 0.626. The third-order valence-electron chi connectivity index (χ3n) is 1.82. The lowest BCUT2D eigenvalue weighted by Crippen LogP contribution is -1.86. The standard InChI is InChI=1S/C10H14S/c1-8(2)9(3)7-10-5-4-6-11-10/h4-8H,1-3H3/b9-7+. The van der Waals surface area contributed by atoms with E-state index in [2.05, 4.69) is 44.4 Å². The number of hydrogen-bond donors (Lipinski definition) is 0. The van der Waals surface area contributed by atoms with Crippen molar-refractivity contribution in [3.05, 3.63) is 28.0 Å². The molecule has 0 bridgehead atoms. The molecule has 0 aromatic carbocycles. The molecular weight excluding hydrogens is 152 g/mol. The first-order valence-corrected chi connectivity index (χ1v) is 4.80. The van der Waals surface area contributed by atoms with Crippen LogP contribution in [-0.4, -0.2) is 0 Å². The van der Waals surface area contributed by atoms with Gasteiger partial charge in [-0.25, -0.2) is 0 Å². The monoisotopic (exact) mass is 166 g/mol. The normalized spacial score (nSPS) is 12.5. The number of hydrogen-bond acceptors (Lipinski definition) is 1. The fourth-order valence-corrected chi connectivity index (χ4v) is 1.49. The summed E-state index contributed by atoms with van der Waals surface area (Å²) in [4.78, 5) is 1.36. The molecule has 0 radical (unpaired) electrons. The third kappa shape index (κ3) is 2.51. The highest BCUT2D eigenvalue weighted by Crippen LogP contribution is 2.17. The van der Waals surface area contributed by atoms with Crippen LogP contribution in [0.5, 0.6) is 0 Å². The lowest BCUT2D eigenvalue weighted by atomic mass is 10.1. The minimum atomic E-state index is 0.664. The van der Waals surface area contributed by atoms with Gasteiger partial charge in [-0.2, -0.15) is 0 Å². The highest BCUT2D eigenvalue weighted by Gasteiger charge is 1.96. The van der Waals surface area contributed by atoms with Gasteiger partial charge in [0.15, 0.2) is 0 Å². The SMILES string of the molecule is C/C(=C\c1cccs1)C(C)C. The van der Waals surface area contributed by atoms with E-state index in [4.69, 9.17) is 0 Å². The average molecular weight is 166 g/mol. The molecule has 1 aromatic heterocycles. The molecule has 11 heavy (non-hydrogen) atoms. The van der Waals surface area contributed by atoms with Gasteiger partial charge in [0.1, 0.15) is 0 Å². The number of thiophene rings is 1. The van der Waals surface area contributed by atoms with Crippen LogP contribution < -0.4 is 0 Å². The highest BCUT2D eigenvalue weighted by atomic mass is 32.1. The molecule has 0 N–H and O–H groups in total. The van der Waals surface area contributed by atoms with E-state index in [1.54, 1.807) is 11.3 Å². The van der Waals surface area contributed by atoms with E-state index < -0.39 is 0 Å². The Bertz CT molecular complexity index is 229. The molecule has 0 saturated heterocycles. The van der Waals surface area contributed by atoms with Crippen molar-refractivity contribution >= 4 is 17.4 Å². The third-order valence-corrected chi connectivity index (χ3v) is 2.64. The predicted molar refractivity (Wildman–Crippen MR) is 52.8 cm³/mol. The van der Waals surface area contributed by atoms with Gasteiger partial charge in [-0.05, 0) is 30.4 Å². The average Bonchev–Trinajstić information content (AvgIpc) is 2.39. The van der Waals surface area contributed by atoms with Gasteiger partial charge in [-0.15, -0.1) is 11.3 Å². The van der Waals surface area contributed by atoms with E-state index >= 15 is 0 Å². The van der Waals surface area contributed by atoms with Crippen molar-refractivity contribution in [1.82, 2.24) is 0 Å². The molecule has 1 heteroatoms. The molecule has 0 aliphatic carbocycles. The van der Waals surface area contributed by atoms with Crippen LogP contribution in [0.2, 0.25) is 0 Å². The van der Waals surface area contributed by atoms with Gasteiger partial charge in [0, 0.05) is 4.88 Å². The zero-order chi connectivity index (χ0) is 8.27. The van der Waals surface area contributed by atoms with Crippen LogP contribution in [0.15, 0.2) is 23.1 Å². The molecule has 0 nitrogen and oxygen atoms in total. The molecule has 1 heterocycles. The maximum atomic E-state index is 2.26. The van der Waals surface area contributed by atoms with E-state index in [0.717, 1.165) is 0 Å². The van der Waals surface area contributed by atoms with Gasteiger partial charge < -0.3 is 0 Å². The van der Waals surface area contributed by atoms with Crippen molar-refractivity contribution < 1.29 is 0 Å². The summed E-state index contributed by atoms with van der Waals surface area (Å²) in [6.45, 7) is 6.63. The van der Waals surface area contributed by atoms with E-state index in [9.17, 15) is 0 Å². The highest BCUT2D eigenvalue weighted by molar-refractivity contribution is 7.10. The zero-order valence-electron chi connectivity index (χ0n) is 7.29. The van der Waals surface area contributed by atoms with Crippen molar-refractivity contribution in [3.63, 3.8) is 0 Å². The van der Waals surface area contributed by atoms with Crippen LogP contribution in [0, 0.1) is 5.92 Å². The Morgan fingerprint density at radius 1 is 1.55 bits per heavy atom. The summed E-state index contributed by atoms with van der Waals surface area (Å²) < 4.78 is 0. The fourth-order valence-electron chi connectivity index (χ4n) is 0.764. The molecule has 1 rings (SSSR count). The van der Waals surface area contributed by atoms with Crippen LogP contribution in [0.25, 0.3) is 6.08 Å². The zero-order valence-corrected chi connectivity index (χ0v) is 8.11. The van der Waals surface area contributed by atoms with Crippen molar-refractivity contribution in [1.29, 1.82) is 0 Å². The minimum Gasteiger partial charge on any atom is -0.144 e. The molecule has 0 spiro atoms. The van der Waals surface area contributed by atoms with Gasteiger partial charge in [-0.1, -0.05) is 25.5 Å². The molecule has 0 fully saturated rings. The Balaban J connectivity index is 2.74. The lowest BCUT2D eigenvalue weighted by molar-refractivity contribution is 0.776. The second-order valence-electron chi connectivity index (χ2n) is 3.06. The van der Waals surface area contributed by atoms with Crippen molar-refractivity contribution in [3.8, 4) is 0 Å². The second-order valence-corrected chi connectivity index (χ2v) is 4.04. The molecule has 1 aromatic rings. The summed E-state index contributed by atoms with van der Waals surface area (Å²) in [5.41, 5.74) is 1.45. The van der Waals surface area contributed by atoms with Crippen molar-refractivity contribution in [2.45, 2.75) is 20.8 Å².